The first-order chi connectivity index (χ1) is 13.6. The maximum atomic E-state index is 12.5. The highest BCUT2D eigenvalue weighted by Crippen LogP contribution is 2.49. The van der Waals surface area contributed by atoms with Crippen molar-refractivity contribution in [3.8, 4) is 0 Å². The minimum atomic E-state index is -0.220. The van der Waals surface area contributed by atoms with Gasteiger partial charge in [0.1, 0.15) is 12.4 Å². The van der Waals surface area contributed by atoms with Crippen LogP contribution in [0, 0.1) is 17.8 Å². The summed E-state index contributed by atoms with van der Waals surface area (Å²) in [5.41, 5.74) is 7.08. The van der Waals surface area contributed by atoms with Gasteiger partial charge in [-0.2, -0.15) is 0 Å². The fraction of sp³-hybridized carbons (Fsp3) is 0.591. The summed E-state index contributed by atoms with van der Waals surface area (Å²) in [6, 6.07) is 7.87. The summed E-state index contributed by atoms with van der Waals surface area (Å²) in [4.78, 5) is 29.4. The van der Waals surface area contributed by atoms with Crippen molar-refractivity contribution in [2.45, 2.75) is 64.8 Å². The lowest BCUT2D eigenvalue weighted by molar-refractivity contribution is -0.129. The molecule has 28 heavy (non-hydrogen) atoms. The van der Waals surface area contributed by atoms with Crippen molar-refractivity contribution >= 4 is 22.8 Å². The van der Waals surface area contributed by atoms with E-state index in [1.165, 1.54) is 25.7 Å². The molecular weight excluding hydrogens is 352 g/mol. The number of hydrogen-bond donors (Lipinski definition) is 2. The third-order valence-corrected chi connectivity index (χ3v) is 6.46. The fourth-order valence-corrected chi connectivity index (χ4v) is 5.07. The number of aryl methyl sites for hydroxylation is 1. The molecule has 6 nitrogen and oxygen atoms in total. The van der Waals surface area contributed by atoms with Gasteiger partial charge in [-0.25, -0.2) is 4.98 Å². The normalized spacial score (nSPS) is 23.2. The van der Waals surface area contributed by atoms with Crippen LogP contribution in [0.3, 0.4) is 0 Å². The van der Waals surface area contributed by atoms with E-state index in [2.05, 4.69) is 22.8 Å². The van der Waals surface area contributed by atoms with Gasteiger partial charge in [0.2, 0.25) is 5.91 Å². The Balaban J connectivity index is 1.33. The molecule has 2 aromatic rings. The summed E-state index contributed by atoms with van der Waals surface area (Å²) in [6.45, 7) is 2.30. The van der Waals surface area contributed by atoms with E-state index in [0.717, 1.165) is 42.0 Å². The van der Waals surface area contributed by atoms with Gasteiger partial charge < -0.3 is 4.57 Å². The topological polar surface area (TPSA) is 76.0 Å². The second-order valence-electron chi connectivity index (χ2n) is 8.44. The van der Waals surface area contributed by atoms with Crippen molar-refractivity contribution < 1.29 is 9.59 Å². The highest BCUT2D eigenvalue weighted by Gasteiger charge is 2.40. The molecule has 150 valence electrons. The summed E-state index contributed by atoms with van der Waals surface area (Å²) >= 11 is 0. The number of aromatic nitrogens is 2. The second kappa shape index (κ2) is 8.33. The number of carbonyl (C=O) groups is 2. The monoisotopic (exact) mass is 382 g/mol. The molecule has 3 atom stereocenters. The second-order valence-corrected chi connectivity index (χ2v) is 8.44. The lowest BCUT2D eigenvalue weighted by atomic mass is 9.86. The number of nitrogens with one attached hydrogen (secondary N) is 2. The molecule has 2 saturated carbocycles. The van der Waals surface area contributed by atoms with Crippen molar-refractivity contribution in [2.75, 3.05) is 0 Å². The van der Waals surface area contributed by atoms with E-state index in [-0.39, 0.29) is 18.4 Å². The highest BCUT2D eigenvalue weighted by molar-refractivity contribution is 5.84. The van der Waals surface area contributed by atoms with Crippen molar-refractivity contribution in [3.05, 3.63) is 30.1 Å². The van der Waals surface area contributed by atoms with Gasteiger partial charge in [0.15, 0.2) is 0 Å². The Hall–Kier alpha value is -2.37. The van der Waals surface area contributed by atoms with Gasteiger partial charge in [-0.3, -0.25) is 20.4 Å². The van der Waals surface area contributed by atoms with Crippen LogP contribution >= 0.6 is 0 Å². The Morgan fingerprint density at radius 1 is 1.14 bits per heavy atom. The average molecular weight is 383 g/mol. The van der Waals surface area contributed by atoms with E-state index in [0.29, 0.717) is 18.3 Å². The van der Waals surface area contributed by atoms with Crippen LogP contribution in [-0.2, 0) is 22.6 Å². The Morgan fingerprint density at radius 3 is 2.71 bits per heavy atom. The molecule has 2 bridgehead atoms. The molecule has 0 aliphatic heterocycles. The van der Waals surface area contributed by atoms with E-state index in [1.54, 1.807) is 0 Å². The molecule has 0 spiro atoms. The third kappa shape index (κ3) is 4.05. The van der Waals surface area contributed by atoms with Gasteiger partial charge >= 0.3 is 0 Å². The smallest absolute Gasteiger partial charge is 0.258 e. The van der Waals surface area contributed by atoms with E-state index in [4.69, 9.17) is 0 Å². The first-order valence-corrected chi connectivity index (χ1v) is 10.7. The molecule has 2 N–H and O–H groups in total. The number of fused-ring (bicyclic) bond motifs is 3. The summed E-state index contributed by atoms with van der Waals surface area (Å²) in [6.07, 6.45) is 8.54. The number of para-hydroxylation sites is 2. The first-order valence-electron chi connectivity index (χ1n) is 10.7. The number of unbranched alkanes of at least 4 members (excludes halogenated alkanes) is 1. The predicted octanol–water partition coefficient (Wildman–Crippen LogP) is 3.35. The zero-order valence-corrected chi connectivity index (χ0v) is 16.6. The number of benzene rings is 1. The molecule has 2 fully saturated rings. The molecule has 1 aromatic carbocycles. The molecule has 1 heterocycles. The summed E-state index contributed by atoms with van der Waals surface area (Å²) in [5.74, 6) is 2.66. The maximum absolute atomic E-state index is 12.5. The van der Waals surface area contributed by atoms with Crippen LogP contribution in [0.4, 0.5) is 0 Å². The van der Waals surface area contributed by atoms with Gasteiger partial charge in [0.25, 0.3) is 5.91 Å². The third-order valence-electron chi connectivity index (χ3n) is 6.46. The standard InChI is InChI=1S/C22H30N4O2/c1-2-3-8-20-23-18-6-4-5-7-19(18)26(20)14-22(28)25-24-21(27)13-17-12-15-9-10-16(17)11-15/h4-7,15-17H,2-3,8-14H2,1H3,(H,24,27)(H,25,28)/t15-,16+,17-/m0/s1. The van der Waals surface area contributed by atoms with Crippen molar-refractivity contribution in [1.29, 1.82) is 0 Å². The van der Waals surface area contributed by atoms with Gasteiger partial charge in [-0.1, -0.05) is 31.9 Å². The molecule has 4 rings (SSSR count). The Bertz CT molecular complexity index is 859. The molecule has 6 heteroatoms. The summed E-state index contributed by atoms with van der Waals surface area (Å²) in [7, 11) is 0. The van der Waals surface area contributed by atoms with Crippen LogP contribution in [0.25, 0.3) is 11.0 Å². The molecule has 0 radical (unpaired) electrons. The highest BCUT2D eigenvalue weighted by atomic mass is 16.2. The van der Waals surface area contributed by atoms with Crippen LogP contribution in [0.15, 0.2) is 24.3 Å². The van der Waals surface area contributed by atoms with Crippen molar-refractivity contribution in [3.63, 3.8) is 0 Å². The van der Waals surface area contributed by atoms with E-state index >= 15 is 0 Å². The number of rotatable bonds is 7. The Labute approximate surface area is 166 Å². The minimum Gasteiger partial charge on any atom is -0.318 e. The van der Waals surface area contributed by atoms with E-state index in [1.807, 2.05) is 28.8 Å². The van der Waals surface area contributed by atoms with Gasteiger partial charge in [0, 0.05) is 12.8 Å². The number of imidazole rings is 1. The molecule has 2 aliphatic rings. The summed E-state index contributed by atoms with van der Waals surface area (Å²) < 4.78 is 1.96. The van der Waals surface area contributed by atoms with E-state index < -0.39 is 0 Å². The number of hydrogen-bond acceptors (Lipinski definition) is 3. The maximum Gasteiger partial charge on any atom is 0.258 e. The molecule has 2 aliphatic carbocycles. The van der Waals surface area contributed by atoms with Crippen LogP contribution in [0.1, 0.15) is 57.7 Å². The molecule has 0 unspecified atom stereocenters. The van der Waals surface area contributed by atoms with Crippen molar-refractivity contribution in [1.82, 2.24) is 20.4 Å². The van der Waals surface area contributed by atoms with Crippen LogP contribution in [-0.4, -0.2) is 21.4 Å². The number of carbonyl (C=O) groups excluding carboxylic acids is 2. The zero-order chi connectivity index (χ0) is 19.5. The number of nitrogens with zero attached hydrogens (tertiary/aromatic N) is 2. The molecule has 0 saturated heterocycles. The van der Waals surface area contributed by atoms with Crippen molar-refractivity contribution in [2.24, 2.45) is 17.8 Å². The molecule has 2 amide bonds. The van der Waals surface area contributed by atoms with Gasteiger partial charge in [-0.05, 0) is 55.6 Å². The lowest BCUT2D eigenvalue weighted by Crippen LogP contribution is -2.44. The molecule has 1 aromatic heterocycles. The van der Waals surface area contributed by atoms with Crippen LogP contribution in [0.5, 0.6) is 0 Å². The Kier molecular flexibility index (Phi) is 5.64. The number of hydrazine groups is 1. The Morgan fingerprint density at radius 2 is 1.96 bits per heavy atom. The van der Waals surface area contributed by atoms with E-state index in [9.17, 15) is 9.59 Å². The minimum absolute atomic E-state index is 0.0763. The predicted molar refractivity (Wildman–Crippen MR) is 108 cm³/mol. The van der Waals surface area contributed by atoms with Crippen LogP contribution < -0.4 is 10.9 Å². The quantitative estimate of drug-likeness (QED) is 0.721. The molecular formula is C22H30N4O2. The number of amides is 2. The fourth-order valence-electron chi connectivity index (χ4n) is 5.07. The zero-order valence-electron chi connectivity index (χ0n) is 16.6. The van der Waals surface area contributed by atoms with Gasteiger partial charge in [0.05, 0.1) is 11.0 Å². The largest absolute Gasteiger partial charge is 0.318 e. The first kappa shape index (κ1) is 19.0. The average Bonchev–Trinajstić information content (AvgIpc) is 3.39. The lowest BCUT2D eigenvalue weighted by Gasteiger charge is -2.21. The van der Waals surface area contributed by atoms with Crippen LogP contribution in [0.2, 0.25) is 0 Å². The van der Waals surface area contributed by atoms with Gasteiger partial charge in [-0.15, -0.1) is 0 Å². The summed E-state index contributed by atoms with van der Waals surface area (Å²) in [5, 5.41) is 0. The SMILES string of the molecule is CCCCc1nc2ccccc2n1CC(=O)NNC(=O)C[C@@H]1C[C@H]2CC[C@@H]1C2.